The fourth-order valence-corrected chi connectivity index (χ4v) is 3.82. The zero-order valence-electron chi connectivity index (χ0n) is 12.7. The minimum Gasteiger partial charge on any atom is -0.493 e. The summed E-state index contributed by atoms with van der Waals surface area (Å²) < 4.78 is 15.6. The van der Waals surface area contributed by atoms with Gasteiger partial charge in [-0.1, -0.05) is 0 Å². The lowest BCUT2D eigenvalue weighted by molar-refractivity contribution is 0.0983. The maximum absolute atomic E-state index is 14.3. The summed E-state index contributed by atoms with van der Waals surface area (Å²) >= 11 is 1.29. The second-order valence-corrected chi connectivity index (χ2v) is 6.39. The molecular weight excluding hydrogens is 319 g/mol. The number of aromatic nitrogens is 2. The van der Waals surface area contributed by atoms with Gasteiger partial charge in [-0.25, -0.2) is 9.07 Å². The highest BCUT2D eigenvalue weighted by Gasteiger charge is 2.28. The van der Waals surface area contributed by atoms with Crippen molar-refractivity contribution in [2.24, 2.45) is 0 Å². The number of ketones is 2. The molecule has 1 N–H and O–H groups in total. The number of benzene rings is 1. The molecule has 0 spiro atoms. The Morgan fingerprint density at radius 2 is 2.22 bits per heavy atom. The highest BCUT2D eigenvalue weighted by molar-refractivity contribution is 7.99. The maximum atomic E-state index is 14.3. The fraction of sp³-hybridized carbons (Fsp3) is 0.312. The van der Waals surface area contributed by atoms with E-state index in [1.54, 1.807) is 13.8 Å². The number of carbonyl (C=O) groups excluding carboxylic acids is 2. The first kappa shape index (κ1) is 15.7. The molecule has 1 aliphatic heterocycles. The van der Waals surface area contributed by atoms with Crippen LogP contribution in [-0.4, -0.2) is 32.2 Å². The molecule has 0 saturated heterocycles. The number of aryl methyl sites for hydroxylation is 1. The van der Waals surface area contributed by atoms with Crippen LogP contribution in [-0.2, 0) is 6.54 Å². The van der Waals surface area contributed by atoms with Crippen molar-refractivity contribution in [3.8, 4) is 5.88 Å². The Morgan fingerprint density at radius 3 is 2.87 bits per heavy atom. The van der Waals surface area contributed by atoms with Crippen molar-refractivity contribution in [1.82, 2.24) is 9.78 Å². The third kappa shape index (κ3) is 2.45. The second kappa shape index (κ2) is 5.81. The predicted molar refractivity (Wildman–Crippen MR) is 83.8 cm³/mol. The predicted octanol–water partition coefficient (Wildman–Crippen LogP) is 2.97. The van der Waals surface area contributed by atoms with Crippen LogP contribution in [0.2, 0.25) is 0 Å². The molecule has 23 heavy (non-hydrogen) atoms. The summed E-state index contributed by atoms with van der Waals surface area (Å²) in [4.78, 5) is 25.1. The van der Waals surface area contributed by atoms with E-state index in [1.165, 1.54) is 22.6 Å². The molecule has 1 aliphatic rings. The Bertz CT molecular complexity index is 829. The van der Waals surface area contributed by atoms with Gasteiger partial charge in [0.2, 0.25) is 5.88 Å². The number of halogens is 1. The van der Waals surface area contributed by atoms with Crippen LogP contribution >= 0.6 is 11.8 Å². The third-order valence-electron chi connectivity index (χ3n) is 3.95. The van der Waals surface area contributed by atoms with Gasteiger partial charge in [0.1, 0.15) is 11.4 Å². The van der Waals surface area contributed by atoms with E-state index < -0.39 is 11.6 Å². The first-order chi connectivity index (χ1) is 11.0. The van der Waals surface area contributed by atoms with Gasteiger partial charge < -0.3 is 5.11 Å². The maximum Gasteiger partial charge on any atom is 0.220 e. The van der Waals surface area contributed by atoms with Gasteiger partial charge in [-0.15, -0.1) is 11.8 Å². The highest BCUT2D eigenvalue weighted by Crippen LogP contribution is 2.36. The molecule has 120 valence electrons. The van der Waals surface area contributed by atoms with Crippen LogP contribution in [0.3, 0.4) is 0 Å². The number of Topliss-reactive ketones (excluding diaryl/α,β-unsaturated/α-hetero) is 1. The van der Waals surface area contributed by atoms with Crippen molar-refractivity contribution in [3.05, 3.63) is 40.3 Å². The summed E-state index contributed by atoms with van der Waals surface area (Å²) in [5.41, 5.74) is 0.826. The van der Waals surface area contributed by atoms with Gasteiger partial charge in [-0.3, -0.25) is 9.59 Å². The third-order valence-corrected chi connectivity index (χ3v) is 5.04. The van der Waals surface area contributed by atoms with E-state index in [4.69, 9.17) is 0 Å². The number of hydrogen-bond donors (Lipinski definition) is 1. The summed E-state index contributed by atoms with van der Waals surface area (Å²) in [5, 5.41) is 13.9. The van der Waals surface area contributed by atoms with Gasteiger partial charge in [0, 0.05) is 29.8 Å². The van der Waals surface area contributed by atoms with E-state index in [0.29, 0.717) is 29.2 Å². The summed E-state index contributed by atoms with van der Waals surface area (Å²) in [7, 11) is 0. The molecule has 0 atom stereocenters. The van der Waals surface area contributed by atoms with E-state index in [9.17, 15) is 19.1 Å². The van der Waals surface area contributed by atoms with Gasteiger partial charge in [0.15, 0.2) is 11.6 Å². The van der Waals surface area contributed by atoms with Crippen molar-refractivity contribution in [1.29, 1.82) is 0 Å². The second-order valence-electron chi connectivity index (χ2n) is 5.28. The van der Waals surface area contributed by atoms with Crippen molar-refractivity contribution in [2.45, 2.75) is 31.7 Å². The normalized spacial score (nSPS) is 14.0. The van der Waals surface area contributed by atoms with Gasteiger partial charge in [0.25, 0.3) is 0 Å². The molecule has 0 bridgehead atoms. The van der Waals surface area contributed by atoms with Crippen LogP contribution < -0.4 is 0 Å². The molecule has 0 unspecified atom stereocenters. The number of carbonyl (C=O) groups is 2. The Hall–Kier alpha value is -2.15. The van der Waals surface area contributed by atoms with Crippen LogP contribution in [0.4, 0.5) is 4.39 Å². The van der Waals surface area contributed by atoms with Gasteiger partial charge in [-0.05, 0) is 25.5 Å². The molecule has 1 aromatic carbocycles. The van der Waals surface area contributed by atoms with E-state index in [2.05, 4.69) is 5.10 Å². The molecule has 7 heteroatoms. The van der Waals surface area contributed by atoms with Gasteiger partial charge in [-0.2, -0.15) is 5.10 Å². The topological polar surface area (TPSA) is 72.2 Å². The smallest absolute Gasteiger partial charge is 0.220 e. The molecule has 0 fully saturated rings. The SMILES string of the molecule is CCn1ncc(C(=O)c2cc(F)c3c(c2C)C(=O)CCS3)c1O. The molecule has 0 amide bonds. The van der Waals surface area contributed by atoms with Crippen LogP contribution in [0.25, 0.3) is 0 Å². The van der Waals surface area contributed by atoms with Gasteiger partial charge >= 0.3 is 0 Å². The van der Waals surface area contributed by atoms with E-state index in [0.717, 1.165) is 6.07 Å². The number of thioether (sulfide) groups is 1. The van der Waals surface area contributed by atoms with Crippen LogP contribution in [0.1, 0.15) is 45.2 Å². The molecule has 5 nitrogen and oxygen atoms in total. The zero-order valence-corrected chi connectivity index (χ0v) is 13.5. The van der Waals surface area contributed by atoms with Crippen molar-refractivity contribution in [2.75, 3.05) is 5.75 Å². The summed E-state index contributed by atoms with van der Waals surface area (Å²) in [6, 6.07) is 1.14. The lowest BCUT2D eigenvalue weighted by atomic mass is 9.93. The molecule has 2 heterocycles. The highest BCUT2D eigenvalue weighted by atomic mass is 32.2. The minimum absolute atomic E-state index is 0.00483. The van der Waals surface area contributed by atoms with Crippen molar-refractivity contribution in [3.63, 3.8) is 0 Å². The summed E-state index contributed by atoms with van der Waals surface area (Å²) in [6.07, 6.45) is 1.59. The first-order valence-electron chi connectivity index (χ1n) is 7.24. The van der Waals surface area contributed by atoms with Crippen molar-refractivity contribution >= 4 is 23.3 Å². The molecule has 1 aromatic heterocycles. The molecular formula is C16H15FN2O3S. The standard InChI is InChI=1S/C16H15FN2O3S/c1-3-19-16(22)10(7-18-19)14(21)9-6-11(17)15-13(8(9)2)12(20)4-5-23-15/h6-7,22H,3-5H2,1-2H3. The lowest BCUT2D eigenvalue weighted by Gasteiger charge is -2.19. The first-order valence-corrected chi connectivity index (χ1v) is 8.22. The minimum atomic E-state index is -0.575. The molecule has 0 radical (unpaired) electrons. The van der Waals surface area contributed by atoms with E-state index in [-0.39, 0.29) is 28.4 Å². The van der Waals surface area contributed by atoms with Crippen LogP contribution in [0, 0.1) is 12.7 Å². The molecule has 3 rings (SSSR count). The van der Waals surface area contributed by atoms with E-state index >= 15 is 0 Å². The Kier molecular flexibility index (Phi) is 3.97. The fourth-order valence-electron chi connectivity index (χ4n) is 2.72. The molecule has 2 aromatic rings. The number of nitrogens with zero attached hydrogens (tertiary/aromatic N) is 2. The number of fused-ring (bicyclic) bond motifs is 1. The quantitative estimate of drug-likeness (QED) is 0.874. The van der Waals surface area contributed by atoms with Crippen molar-refractivity contribution < 1.29 is 19.1 Å². The number of hydrogen-bond acceptors (Lipinski definition) is 5. The van der Waals surface area contributed by atoms with Crippen LogP contribution in [0.15, 0.2) is 17.2 Å². The Labute approximate surface area is 136 Å². The zero-order chi connectivity index (χ0) is 16.7. The van der Waals surface area contributed by atoms with Gasteiger partial charge in [0.05, 0.1) is 11.1 Å². The Morgan fingerprint density at radius 1 is 1.48 bits per heavy atom. The lowest BCUT2D eigenvalue weighted by Crippen LogP contribution is -2.16. The van der Waals surface area contributed by atoms with E-state index in [1.807, 2.05) is 0 Å². The summed E-state index contributed by atoms with van der Waals surface area (Å²) in [6.45, 7) is 3.82. The Balaban J connectivity index is 2.15. The average molecular weight is 334 g/mol. The summed E-state index contributed by atoms with van der Waals surface area (Å²) in [5.74, 6) is -0.979. The number of aromatic hydroxyl groups is 1. The average Bonchev–Trinajstić information content (AvgIpc) is 2.90. The molecule has 0 saturated carbocycles. The number of rotatable bonds is 3. The van der Waals surface area contributed by atoms with Crippen LogP contribution in [0.5, 0.6) is 5.88 Å². The monoisotopic (exact) mass is 334 g/mol. The largest absolute Gasteiger partial charge is 0.493 e. The molecule has 0 aliphatic carbocycles.